The van der Waals surface area contributed by atoms with E-state index < -0.39 is 11.5 Å². The minimum atomic E-state index is -0.797. The average Bonchev–Trinajstić information content (AvgIpc) is 2.75. The molecule has 1 fully saturated rings. The quantitative estimate of drug-likeness (QED) is 0.753. The summed E-state index contributed by atoms with van der Waals surface area (Å²) in [6.45, 7) is 0.796. The van der Waals surface area contributed by atoms with Crippen molar-refractivity contribution in [3.8, 4) is 0 Å². The largest absolute Gasteiger partial charge is 0.480 e. The first kappa shape index (κ1) is 8.72. The van der Waals surface area contributed by atoms with Gasteiger partial charge in [0.25, 0.3) is 0 Å². The number of hydrogen-bond donors (Lipinski definition) is 2. The second-order valence-corrected chi connectivity index (χ2v) is 4.17. The normalized spacial score (nSPS) is 27.7. The molecular formula is C9H11NO2S. The van der Waals surface area contributed by atoms with Crippen molar-refractivity contribution in [2.45, 2.75) is 18.4 Å². The third kappa shape index (κ3) is 1.26. The molecule has 13 heavy (non-hydrogen) atoms. The second-order valence-electron chi connectivity index (χ2n) is 3.22. The van der Waals surface area contributed by atoms with Gasteiger partial charge in [0.1, 0.15) is 0 Å². The Morgan fingerprint density at radius 3 is 3.00 bits per heavy atom. The Bertz CT molecular complexity index is 301. The predicted octanol–water partition coefficient (Wildman–Crippen LogP) is 1.41. The summed E-state index contributed by atoms with van der Waals surface area (Å²) in [5.41, 5.74) is -0.797. The summed E-state index contributed by atoms with van der Waals surface area (Å²) in [6.07, 6.45) is 1.63. The molecule has 2 heterocycles. The first-order chi connectivity index (χ1) is 6.26. The van der Waals surface area contributed by atoms with Crippen LogP contribution in [0.15, 0.2) is 17.5 Å². The zero-order valence-corrected chi connectivity index (χ0v) is 7.93. The molecule has 0 aliphatic carbocycles. The number of aliphatic carboxylic acids is 1. The minimum absolute atomic E-state index is 0.697. The van der Waals surface area contributed by atoms with Crippen LogP contribution in [0.25, 0.3) is 0 Å². The molecule has 0 radical (unpaired) electrons. The van der Waals surface area contributed by atoms with Crippen molar-refractivity contribution >= 4 is 17.3 Å². The molecule has 70 valence electrons. The first-order valence-electron chi connectivity index (χ1n) is 4.28. The predicted molar refractivity (Wildman–Crippen MR) is 50.9 cm³/mol. The average molecular weight is 197 g/mol. The number of nitrogens with one attached hydrogen (secondary N) is 1. The molecule has 4 heteroatoms. The van der Waals surface area contributed by atoms with Gasteiger partial charge in [-0.05, 0) is 30.8 Å². The van der Waals surface area contributed by atoms with E-state index in [1.54, 1.807) is 0 Å². The van der Waals surface area contributed by atoms with Gasteiger partial charge in [-0.1, -0.05) is 6.07 Å². The van der Waals surface area contributed by atoms with Gasteiger partial charge in [0.2, 0.25) is 0 Å². The van der Waals surface area contributed by atoms with Crippen LogP contribution >= 0.6 is 11.3 Å². The summed E-state index contributed by atoms with van der Waals surface area (Å²) in [5, 5.41) is 14.2. The summed E-state index contributed by atoms with van der Waals surface area (Å²) >= 11 is 1.50. The van der Waals surface area contributed by atoms with Crippen molar-refractivity contribution < 1.29 is 9.90 Å². The molecule has 0 spiro atoms. The summed E-state index contributed by atoms with van der Waals surface area (Å²) < 4.78 is 0. The fourth-order valence-electron chi connectivity index (χ4n) is 1.76. The molecule has 2 N–H and O–H groups in total. The van der Waals surface area contributed by atoms with E-state index in [4.69, 9.17) is 0 Å². The molecule has 1 aromatic heterocycles. The van der Waals surface area contributed by atoms with Crippen molar-refractivity contribution in [2.75, 3.05) is 6.54 Å². The highest BCUT2D eigenvalue weighted by molar-refractivity contribution is 7.10. The maximum absolute atomic E-state index is 11.2. The molecule has 2 rings (SSSR count). The first-order valence-corrected chi connectivity index (χ1v) is 5.16. The van der Waals surface area contributed by atoms with Crippen LogP contribution in [-0.2, 0) is 10.3 Å². The number of thiophene rings is 1. The molecular weight excluding hydrogens is 186 g/mol. The van der Waals surface area contributed by atoms with Gasteiger partial charge >= 0.3 is 5.97 Å². The van der Waals surface area contributed by atoms with Gasteiger partial charge in [-0.2, -0.15) is 0 Å². The number of rotatable bonds is 2. The zero-order chi connectivity index (χ0) is 9.31. The van der Waals surface area contributed by atoms with Crippen LogP contribution in [0, 0.1) is 0 Å². The zero-order valence-electron chi connectivity index (χ0n) is 7.12. The number of carboxylic acids is 1. The molecule has 0 unspecified atom stereocenters. The Kier molecular flexibility index (Phi) is 2.09. The highest BCUT2D eigenvalue weighted by atomic mass is 32.1. The Balaban J connectivity index is 2.39. The smallest absolute Gasteiger partial charge is 0.329 e. The van der Waals surface area contributed by atoms with E-state index >= 15 is 0 Å². The SMILES string of the molecule is O=C(O)[C@]1(c2cccs2)CCCN1. The van der Waals surface area contributed by atoms with Crippen molar-refractivity contribution in [3.63, 3.8) is 0 Å². The lowest BCUT2D eigenvalue weighted by Crippen LogP contribution is -2.43. The summed E-state index contributed by atoms with van der Waals surface area (Å²) in [4.78, 5) is 12.1. The van der Waals surface area contributed by atoms with Gasteiger partial charge in [-0.15, -0.1) is 11.3 Å². The Morgan fingerprint density at radius 2 is 2.54 bits per heavy atom. The number of carbonyl (C=O) groups is 1. The fourth-order valence-corrected chi connectivity index (χ4v) is 2.69. The maximum atomic E-state index is 11.2. The second kappa shape index (κ2) is 3.12. The monoisotopic (exact) mass is 197 g/mol. The third-order valence-corrected chi connectivity index (χ3v) is 3.49. The summed E-state index contributed by atoms with van der Waals surface area (Å²) in [5.74, 6) is -0.757. The van der Waals surface area contributed by atoms with E-state index in [1.807, 2.05) is 17.5 Å². The van der Waals surface area contributed by atoms with Gasteiger partial charge in [0.15, 0.2) is 5.54 Å². The van der Waals surface area contributed by atoms with Crippen molar-refractivity contribution in [1.82, 2.24) is 5.32 Å². The molecule has 0 bridgehead atoms. The van der Waals surface area contributed by atoms with Crippen LogP contribution in [0.4, 0.5) is 0 Å². The van der Waals surface area contributed by atoms with Crippen LogP contribution in [0.5, 0.6) is 0 Å². The highest BCUT2D eigenvalue weighted by Crippen LogP contribution is 2.33. The van der Waals surface area contributed by atoms with Crippen LogP contribution in [-0.4, -0.2) is 17.6 Å². The minimum Gasteiger partial charge on any atom is -0.480 e. The van der Waals surface area contributed by atoms with Crippen LogP contribution < -0.4 is 5.32 Å². The fraction of sp³-hybridized carbons (Fsp3) is 0.444. The molecule has 1 aliphatic heterocycles. The topological polar surface area (TPSA) is 49.3 Å². The van der Waals surface area contributed by atoms with E-state index in [-0.39, 0.29) is 0 Å². The molecule has 0 amide bonds. The molecule has 3 nitrogen and oxygen atoms in total. The third-order valence-electron chi connectivity index (χ3n) is 2.46. The van der Waals surface area contributed by atoms with Crippen molar-refractivity contribution in [3.05, 3.63) is 22.4 Å². The lowest BCUT2D eigenvalue weighted by molar-refractivity contribution is -0.144. The Morgan fingerprint density at radius 1 is 1.69 bits per heavy atom. The van der Waals surface area contributed by atoms with E-state index in [0.29, 0.717) is 6.42 Å². The van der Waals surface area contributed by atoms with Crippen molar-refractivity contribution in [2.24, 2.45) is 0 Å². The Labute approximate surface area is 80.4 Å². The number of carboxylic acid groups (broad SMARTS) is 1. The van der Waals surface area contributed by atoms with E-state index in [0.717, 1.165) is 17.8 Å². The van der Waals surface area contributed by atoms with Crippen molar-refractivity contribution in [1.29, 1.82) is 0 Å². The maximum Gasteiger partial charge on any atom is 0.329 e. The highest BCUT2D eigenvalue weighted by Gasteiger charge is 2.43. The lowest BCUT2D eigenvalue weighted by Gasteiger charge is -2.22. The summed E-state index contributed by atoms with van der Waals surface area (Å²) in [6, 6.07) is 3.78. The Hall–Kier alpha value is -0.870. The lowest BCUT2D eigenvalue weighted by atomic mass is 9.96. The van der Waals surface area contributed by atoms with Crippen LogP contribution in [0.1, 0.15) is 17.7 Å². The van der Waals surface area contributed by atoms with Gasteiger partial charge in [0.05, 0.1) is 0 Å². The molecule has 1 atom stereocenters. The molecule has 1 aromatic rings. The van der Waals surface area contributed by atoms with Gasteiger partial charge < -0.3 is 5.11 Å². The van der Waals surface area contributed by atoms with E-state index in [2.05, 4.69) is 5.32 Å². The molecule has 1 saturated heterocycles. The van der Waals surface area contributed by atoms with Gasteiger partial charge in [-0.3, -0.25) is 5.32 Å². The standard InChI is InChI=1S/C9H11NO2S/c11-8(12)9(4-2-5-10-9)7-3-1-6-13-7/h1,3,6,10H,2,4-5H2,(H,11,12)/t9-/m1/s1. The molecule has 0 saturated carbocycles. The summed E-state index contributed by atoms with van der Waals surface area (Å²) in [7, 11) is 0. The van der Waals surface area contributed by atoms with E-state index in [1.165, 1.54) is 11.3 Å². The van der Waals surface area contributed by atoms with Gasteiger partial charge in [-0.25, -0.2) is 4.79 Å². The molecule has 1 aliphatic rings. The molecule has 0 aromatic carbocycles. The van der Waals surface area contributed by atoms with E-state index in [9.17, 15) is 9.90 Å². The van der Waals surface area contributed by atoms with Crippen LogP contribution in [0.3, 0.4) is 0 Å². The van der Waals surface area contributed by atoms with Crippen LogP contribution in [0.2, 0.25) is 0 Å². The van der Waals surface area contributed by atoms with Gasteiger partial charge in [0, 0.05) is 4.88 Å². The number of hydrogen-bond acceptors (Lipinski definition) is 3.